The van der Waals surface area contributed by atoms with Crippen LogP contribution >= 0.6 is 10.0 Å². The second-order valence-corrected chi connectivity index (χ2v) is 19.5. The van der Waals surface area contributed by atoms with Gasteiger partial charge in [0.15, 0.2) is 0 Å². The van der Waals surface area contributed by atoms with Crippen molar-refractivity contribution in [2.75, 3.05) is 9.80 Å². The Bertz CT molecular complexity index is 3310. The maximum atomic E-state index is 7.12. The summed E-state index contributed by atoms with van der Waals surface area (Å²) in [4.78, 5) is 9.74. The molecule has 0 bridgehead atoms. The largest absolute Gasteiger partial charge is 0.455 e. The molecule has 0 saturated heterocycles. The zero-order valence-corrected chi connectivity index (χ0v) is 36.9. The molecule has 3 nitrogen and oxygen atoms in total. The molecule has 0 fully saturated rings. The van der Waals surface area contributed by atoms with Gasteiger partial charge < -0.3 is 14.2 Å². The quantitative estimate of drug-likeness (QED) is 0.137. The van der Waals surface area contributed by atoms with Crippen LogP contribution in [0.4, 0.5) is 34.1 Å². The molecule has 0 atom stereocenters. The van der Waals surface area contributed by atoms with Crippen molar-refractivity contribution < 1.29 is 4.42 Å². The van der Waals surface area contributed by atoms with Gasteiger partial charge in [-0.2, -0.15) is 0 Å². The normalized spacial score (nSPS) is 12.8. The van der Waals surface area contributed by atoms with Crippen LogP contribution in [0.15, 0.2) is 291 Å². The van der Waals surface area contributed by atoms with Gasteiger partial charge in [0.1, 0.15) is 11.3 Å². The van der Waals surface area contributed by atoms with Crippen LogP contribution < -0.4 is 9.80 Å². The van der Waals surface area contributed by atoms with Crippen LogP contribution in [0.25, 0.3) is 44.5 Å². The first kappa shape index (κ1) is 39.3. The van der Waals surface area contributed by atoms with Gasteiger partial charge in [-0.3, -0.25) is 0 Å². The van der Waals surface area contributed by atoms with Gasteiger partial charge in [-0.1, -0.05) is 146 Å². The summed E-state index contributed by atoms with van der Waals surface area (Å²) in [5.74, 6) is 0.953. The Hall–Kier alpha value is -8.31. The van der Waals surface area contributed by atoms with Crippen LogP contribution in [-0.4, -0.2) is 0 Å². The minimum absolute atomic E-state index is 0.894. The SMILES string of the molecule is c1ccc(N(c2ccccc2)c2ccc(-c3ccc4c(c3)-c3oc5ccc(-c6ccc(N(c7ccccc7)c7ccccc7)cc6)cc5c3S4(c3ccccc3)c3ccccc3)cc2)cc1. The van der Waals surface area contributed by atoms with Crippen LogP contribution in [0.5, 0.6) is 0 Å². The molecular weight excluding hydrogens is 821 g/mol. The average Bonchev–Trinajstić information content (AvgIpc) is 3.92. The van der Waals surface area contributed by atoms with E-state index in [0.29, 0.717) is 0 Å². The molecule has 2 heterocycles. The van der Waals surface area contributed by atoms with E-state index in [1.54, 1.807) is 0 Å². The highest BCUT2D eigenvalue weighted by Gasteiger charge is 2.46. The van der Waals surface area contributed by atoms with Gasteiger partial charge in [0.2, 0.25) is 0 Å². The molecule has 0 aliphatic carbocycles. The lowest BCUT2D eigenvalue weighted by atomic mass is 10.0. The minimum atomic E-state index is -1.98. The van der Waals surface area contributed by atoms with E-state index in [1.165, 1.54) is 19.6 Å². The molecule has 12 rings (SSSR count). The molecule has 1 aromatic heterocycles. The number of hydrogen-bond donors (Lipinski definition) is 0. The fourth-order valence-electron chi connectivity index (χ4n) is 9.68. The van der Waals surface area contributed by atoms with E-state index in [1.807, 2.05) is 0 Å². The summed E-state index contributed by atoms with van der Waals surface area (Å²) in [5.41, 5.74) is 13.3. The third-order valence-electron chi connectivity index (χ3n) is 12.7. The summed E-state index contributed by atoms with van der Waals surface area (Å²) in [6.45, 7) is 0. The number of hydrogen-bond acceptors (Lipinski definition) is 3. The summed E-state index contributed by atoms with van der Waals surface area (Å²) in [6.07, 6.45) is 0. The Morgan fingerprint density at radius 1 is 0.303 bits per heavy atom. The molecule has 0 radical (unpaired) electrons. The van der Waals surface area contributed by atoms with E-state index < -0.39 is 10.0 Å². The van der Waals surface area contributed by atoms with Crippen LogP contribution in [-0.2, 0) is 0 Å². The lowest BCUT2D eigenvalue weighted by Crippen LogP contribution is -2.09. The third-order valence-corrected chi connectivity index (χ3v) is 16.7. The van der Waals surface area contributed by atoms with Crippen molar-refractivity contribution >= 4 is 55.1 Å². The monoisotopic (exact) mass is 864 g/mol. The van der Waals surface area contributed by atoms with E-state index in [0.717, 1.165) is 78.7 Å². The number of rotatable bonds is 10. The predicted molar refractivity (Wildman–Crippen MR) is 275 cm³/mol. The summed E-state index contributed by atoms with van der Waals surface area (Å²) in [6, 6.07) is 96.1. The Morgan fingerprint density at radius 2 is 0.652 bits per heavy atom. The molecule has 1 aliphatic heterocycles. The average molecular weight is 865 g/mol. The Kier molecular flexibility index (Phi) is 9.93. The summed E-state index contributed by atoms with van der Waals surface area (Å²) < 4.78 is 7.12. The molecular formula is C62H44N2OS. The topological polar surface area (TPSA) is 19.6 Å². The predicted octanol–water partition coefficient (Wildman–Crippen LogP) is 18.0. The van der Waals surface area contributed by atoms with Crippen LogP contribution in [0, 0.1) is 0 Å². The van der Waals surface area contributed by atoms with E-state index in [-0.39, 0.29) is 0 Å². The second kappa shape index (κ2) is 16.7. The number of furan rings is 1. The Balaban J connectivity index is 0.989. The maximum Gasteiger partial charge on any atom is 0.149 e. The smallest absolute Gasteiger partial charge is 0.149 e. The number of nitrogens with zero attached hydrogens (tertiary/aromatic N) is 2. The van der Waals surface area contributed by atoms with Gasteiger partial charge in [0.25, 0.3) is 0 Å². The molecule has 1 aliphatic rings. The number of benzene rings is 10. The van der Waals surface area contributed by atoms with Gasteiger partial charge in [0.05, 0.1) is 4.90 Å². The summed E-state index contributed by atoms with van der Waals surface area (Å²) >= 11 is 0. The molecule has 314 valence electrons. The Labute approximate surface area is 387 Å². The van der Waals surface area contributed by atoms with Crippen molar-refractivity contribution in [2.45, 2.75) is 19.6 Å². The summed E-state index contributed by atoms with van der Waals surface area (Å²) in [7, 11) is -1.98. The van der Waals surface area contributed by atoms with Crippen molar-refractivity contribution in [3.63, 3.8) is 0 Å². The van der Waals surface area contributed by atoms with Crippen LogP contribution in [0.1, 0.15) is 0 Å². The molecule has 4 heteroatoms. The zero-order chi connectivity index (χ0) is 43.9. The zero-order valence-electron chi connectivity index (χ0n) is 36.1. The van der Waals surface area contributed by atoms with Gasteiger partial charge >= 0.3 is 0 Å². The molecule has 0 N–H and O–H groups in total. The number of para-hydroxylation sites is 4. The van der Waals surface area contributed by atoms with Gasteiger partial charge in [0, 0.05) is 59.8 Å². The van der Waals surface area contributed by atoms with E-state index in [4.69, 9.17) is 4.42 Å². The lowest BCUT2D eigenvalue weighted by molar-refractivity contribution is 0.625. The third kappa shape index (κ3) is 6.70. The highest BCUT2D eigenvalue weighted by molar-refractivity contribution is 8.34. The first-order valence-corrected chi connectivity index (χ1v) is 24.0. The maximum absolute atomic E-state index is 7.12. The van der Waals surface area contributed by atoms with Crippen molar-refractivity contribution in [2.24, 2.45) is 0 Å². The van der Waals surface area contributed by atoms with Crippen LogP contribution in [0.2, 0.25) is 0 Å². The van der Waals surface area contributed by atoms with Gasteiger partial charge in [-0.05, 0) is 144 Å². The number of anilines is 6. The first-order valence-electron chi connectivity index (χ1n) is 22.4. The Morgan fingerprint density at radius 3 is 1.08 bits per heavy atom. The van der Waals surface area contributed by atoms with Crippen molar-refractivity contribution in [3.8, 4) is 33.6 Å². The molecule has 10 aromatic carbocycles. The van der Waals surface area contributed by atoms with E-state index in [9.17, 15) is 0 Å². The highest BCUT2D eigenvalue weighted by atomic mass is 32.3. The fourth-order valence-corrected chi connectivity index (χ4v) is 14.0. The van der Waals surface area contributed by atoms with E-state index >= 15 is 0 Å². The molecule has 11 aromatic rings. The molecule has 0 unspecified atom stereocenters. The van der Waals surface area contributed by atoms with Crippen LogP contribution in [0.3, 0.4) is 0 Å². The van der Waals surface area contributed by atoms with Crippen molar-refractivity contribution in [3.05, 3.63) is 267 Å². The van der Waals surface area contributed by atoms with Gasteiger partial charge in [-0.25, -0.2) is 0 Å². The van der Waals surface area contributed by atoms with Crippen molar-refractivity contribution in [1.29, 1.82) is 0 Å². The highest BCUT2D eigenvalue weighted by Crippen LogP contribution is 2.81. The second-order valence-electron chi connectivity index (χ2n) is 16.5. The van der Waals surface area contributed by atoms with Gasteiger partial charge in [-0.15, -0.1) is 10.0 Å². The lowest BCUT2D eigenvalue weighted by Gasteiger charge is -2.38. The standard InChI is InChI=1S/C62H44N2OS/c1-7-19-49(20-8-1)63(50-21-9-2-10-22-50)53-37-31-45(32-38-53)47-35-41-59-57(43-47)62-61(65-59)58-44-48(36-42-60(58)66(62,55-27-15-5-16-28-55)56-29-17-6-18-30-56)46-33-39-54(40-34-46)64(51-23-11-3-12-24-51)52-25-13-4-14-26-52/h1-44H. The molecule has 66 heavy (non-hydrogen) atoms. The van der Waals surface area contributed by atoms with Crippen molar-refractivity contribution in [1.82, 2.24) is 0 Å². The van der Waals surface area contributed by atoms with E-state index in [2.05, 4.69) is 277 Å². The molecule has 0 spiro atoms. The molecule has 0 amide bonds. The molecule has 0 saturated carbocycles. The number of fused-ring (bicyclic) bond motifs is 5. The summed E-state index contributed by atoms with van der Waals surface area (Å²) in [5, 5.41) is 1.15. The first-order chi connectivity index (χ1) is 32.7. The fraction of sp³-hybridized carbons (Fsp3) is 0. The minimum Gasteiger partial charge on any atom is -0.455 e.